The van der Waals surface area contributed by atoms with E-state index < -0.39 is 5.97 Å². The zero-order chi connectivity index (χ0) is 10.7. The molecule has 3 nitrogen and oxygen atoms in total. The minimum atomic E-state index is -0.514. The Hall–Kier alpha value is -0.930. The lowest BCUT2D eigenvalue weighted by Gasteiger charge is -2.07. The smallest absolute Gasteiger partial charge is 0.341 e. The minimum Gasteiger partial charge on any atom is -0.496 e. The molecule has 0 radical (unpaired) electrons. The second kappa shape index (κ2) is 4.53. The molecule has 14 heavy (non-hydrogen) atoms. The summed E-state index contributed by atoms with van der Waals surface area (Å²) in [5, 5.41) is 0.615. The van der Waals surface area contributed by atoms with Gasteiger partial charge in [0, 0.05) is 6.07 Å². The Kier molecular flexibility index (Phi) is 3.61. The fourth-order valence-electron chi connectivity index (χ4n) is 0.967. The Morgan fingerprint density at radius 3 is 2.29 bits per heavy atom. The van der Waals surface area contributed by atoms with Crippen LogP contribution in [0, 0.1) is 0 Å². The minimum absolute atomic E-state index is 0.254. The van der Waals surface area contributed by atoms with Crippen molar-refractivity contribution in [3.8, 4) is 5.75 Å². The fraction of sp³-hybridized carbons (Fsp3) is 0.222. The molecule has 0 N–H and O–H groups in total. The third-order valence-corrected chi connectivity index (χ3v) is 2.37. The molecule has 0 aliphatic rings. The highest BCUT2D eigenvalue weighted by atomic mass is 35.5. The van der Waals surface area contributed by atoms with Gasteiger partial charge in [-0.2, -0.15) is 0 Å². The van der Waals surface area contributed by atoms with E-state index in [4.69, 9.17) is 27.9 Å². The molecule has 0 bridgehead atoms. The summed E-state index contributed by atoms with van der Waals surface area (Å²) in [7, 11) is 2.72. The van der Waals surface area contributed by atoms with Crippen LogP contribution in [0.3, 0.4) is 0 Å². The molecule has 0 fully saturated rings. The summed E-state index contributed by atoms with van der Waals surface area (Å²) in [5.41, 5.74) is 0.254. The van der Waals surface area contributed by atoms with Crippen molar-refractivity contribution in [2.24, 2.45) is 0 Å². The van der Waals surface area contributed by atoms with Crippen molar-refractivity contribution in [2.45, 2.75) is 0 Å². The molecule has 0 heterocycles. The van der Waals surface area contributed by atoms with Crippen molar-refractivity contribution < 1.29 is 14.3 Å². The van der Waals surface area contributed by atoms with E-state index in [-0.39, 0.29) is 10.6 Å². The van der Waals surface area contributed by atoms with Crippen LogP contribution >= 0.6 is 23.2 Å². The van der Waals surface area contributed by atoms with E-state index in [0.29, 0.717) is 10.8 Å². The number of methoxy groups -OCH3 is 2. The topological polar surface area (TPSA) is 35.5 Å². The molecule has 0 saturated heterocycles. The molecule has 76 valence electrons. The van der Waals surface area contributed by atoms with Crippen LogP contribution in [0.2, 0.25) is 10.0 Å². The first kappa shape index (κ1) is 11.1. The molecule has 0 unspecified atom stereocenters. The lowest BCUT2D eigenvalue weighted by atomic mass is 10.2. The number of halogens is 2. The predicted molar refractivity (Wildman–Crippen MR) is 54.4 cm³/mol. The van der Waals surface area contributed by atoms with E-state index in [0.717, 1.165) is 0 Å². The molecule has 1 aromatic rings. The van der Waals surface area contributed by atoms with Crippen molar-refractivity contribution in [3.05, 3.63) is 27.7 Å². The third kappa shape index (κ3) is 2.11. The van der Waals surface area contributed by atoms with Gasteiger partial charge in [-0.3, -0.25) is 0 Å². The van der Waals surface area contributed by atoms with E-state index in [9.17, 15) is 4.79 Å². The molecule has 0 saturated carbocycles. The van der Waals surface area contributed by atoms with Crippen molar-refractivity contribution in [3.63, 3.8) is 0 Å². The summed E-state index contributed by atoms with van der Waals surface area (Å²) in [4.78, 5) is 11.3. The number of benzene rings is 1. The Balaban J connectivity index is 3.27. The van der Waals surface area contributed by atoms with Crippen molar-refractivity contribution >= 4 is 29.2 Å². The van der Waals surface area contributed by atoms with Gasteiger partial charge in [-0.05, 0) is 6.07 Å². The van der Waals surface area contributed by atoms with Gasteiger partial charge in [-0.1, -0.05) is 23.2 Å². The maximum Gasteiger partial charge on any atom is 0.341 e. The van der Waals surface area contributed by atoms with E-state index in [1.807, 2.05) is 0 Å². The predicted octanol–water partition coefficient (Wildman–Crippen LogP) is 2.79. The molecular formula is C9H8Cl2O3. The van der Waals surface area contributed by atoms with Gasteiger partial charge in [-0.25, -0.2) is 4.79 Å². The average molecular weight is 235 g/mol. The fourth-order valence-corrected chi connectivity index (χ4v) is 1.28. The number of esters is 1. The van der Waals surface area contributed by atoms with Gasteiger partial charge in [0.1, 0.15) is 11.3 Å². The Morgan fingerprint density at radius 1 is 1.21 bits per heavy atom. The molecule has 1 rings (SSSR count). The number of carbonyl (C=O) groups is 1. The van der Waals surface area contributed by atoms with Crippen LogP contribution in [0.25, 0.3) is 0 Å². The van der Waals surface area contributed by atoms with Crippen LogP contribution < -0.4 is 4.74 Å². The number of ether oxygens (including phenoxy) is 2. The van der Waals surface area contributed by atoms with Gasteiger partial charge >= 0.3 is 5.97 Å². The van der Waals surface area contributed by atoms with Crippen molar-refractivity contribution in [1.29, 1.82) is 0 Å². The molecule has 0 spiro atoms. The highest BCUT2D eigenvalue weighted by Crippen LogP contribution is 2.30. The molecule has 1 aromatic carbocycles. The first-order valence-electron chi connectivity index (χ1n) is 3.71. The number of carbonyl (C=O) groups excluding carboxylic acids is 1. The van der Waals surface area contributed by atoms with Gasteiger partial charge in [0.2, 0.25) is 0 Å². The molecular weight excluding hydrogens is 227 g/mol. The zero-order valence-electron chi connectivity index (χ0n) is 7.64. The summed E-state index contributed by atoms with van der Waals surface area (Å²) in [6.07, 6.45) is 0. The van der Waals surface area contributed by atoms with Crippen LogP contribution in [0.4, 0.5) is 0 Å². The summed E-state index contributed by atoms with van der Waals surface area (Å²) in [6, 6.07) is 2.88. The lowest BCUT2D eigenvalue weighted by molar-refractivity contribution is 0.0597. The molecule has 0 aliphatic carbocycles. The quantitative estimate of drug-likeness (QED) is 0.739. The average Bonchev–Trinajstić information content (AvgIpc) is 2.20. The molecule has 0 aliphatic heterocycles. The largest absolute Gasteiger partial charge is 0.496 e. The first-order valence-corrected chi connectivity index (χ1v) is 4.47. The number of hydrogen-bond acceptors (Lipinski definition) is 3. The third-order valence-electron chi connectivity index (χ3n) is 1.65. The maximum atomic E-state index is 11.3. The van der Waals surface area contributed by atoms with Crippen LogP contribution in [0.15, 0.2) is 12.1 Å². The van der Waals surface area contributed by atoms with E-state index >= 15 is 0 Å². The Bertz CT molecular complexity index is 363. The van der Waals surface area contributed by atoms with E-state index in [2.05, 4.69) is 4.74 Å². The monoisotopic (exact) mass is 234 g/mol. The second-order valence-corrected chi connectivity index (χ2v) is 3.27. The van der Waals surface area contributed by atoms with Crippen LogP contribution in [-0.4, -0.2) is 20.2 Å². The number of rotatable bonds is 2. The van der Waals surface area contributed by atoms with Crippen molar-refractivity contribution in [1.82, 2.24) is 0 Å². The van der Waals surface area contributed by atoms with Crippen molar-refractivity contribution in [2.75, 3.05) is 14.2 Å². The summed E-state index contributed by atoms with van der Waals surface area (Å²) >= 11 is 11.5. The van der Waals surface area contributed by atoms with Crippen LogP contribution in [0.5, 0.6) is 5.75 Å². The highest BCUT2D eigenvalue weighted by molar-refractivity contribution is 6.42. The van der Waals surface area contributed by atoms with Gasteiger partial charge < -0.3 is 9.47 Å². The van der Waals surface area contributed by atoms with Gasteiger partial charge in [-0.15, -0.1) is 0 Å². The van der Waals surface area contributed by atoms with Gasteiger partial charge in [0.05, 0.1) is 24.3 Å². The summed E-state index contributed by atoms with van der Waals surface area (Å²) < 4.78 is 9.51. The molecule has 5 heteroatoms. The molecule has 0 aromatic heterocycles. The van der Waals surface area contributed by atoms with Crippen LogP contribution in [-0.2, 0) is 4.74 Å². The maximum absolute atomic E-state index is 11.3. The molecule has 0 atom stereocenters. The standard InChI is InChI=1S/C9H8Cl2O3/c1-13-8-4-7(11)6(10)3-5(8)9(12)14-2/h3-4H,1-2H3. The summed E-state index contributed by atoms with van der Waals surface area (Å²) in [6.45, 7) is 0. The van der Waals surface area contributed by atoms with E-state index in [1.54, 1.807) is 0 Å². The normalized spacial score (nSPS) is 9.71. The Labute approximate surface area is 91.5 Å². The number of hydrogen-bond donors (Lipinski definition) is 0. The Morgan fingerprint density at radius 2 is 1.79 bits per heavy atom. The lowest BCUT2D eigenvalue weighted by Crippen LogP contribution is -2.04. The van der Waals surface area contributed by atoms with E-state index in [1.165, 1.54) is 26.4 Å². The van der Waals surface area contributed by atoms with Gasteiger partial charge in [0.15, 0.2) is 0 Å². The second-order valence-electron chi connectivity index (χ2n) is 2.46. The highest BCUT2D eigenvalue weighted by Gasteiger charge is 2.15. The summed E-state index contributed by atoms with van der Waals surface area (Å²) in [5.74, 6) is -0.174. The SMILES string of the molecule is COC(=O)c1cc(Cl)c(Cl)cc1OC. The van der Waals surface area contributed by atoms with Crippen LogP contribution in [0.1, 0.15) is 10.4 Å². The van der Waals surface area contributed by atoms with Gasteiger partial charge in [0.25, 0.3) is 0 Å². The first-order chi connectivity index (χ1) is 6.60. The zero-order valence-corrected chi connectivity index (χ0v) is 9.15. The molecule has 0 amide bonds.